The molecule has 2 heterocycles. The summed E-state index contributed by atoms with van der Waals surface area (Å²) in [5, 5.41) is 14.2. The molecule has 2 aromatic carbocycles. The predicted molar refractivity (Wildman–Crippen MR) is 113 cm³/mol. The van der Waals surface area contributed by atoms with Gasteiger partial charge in [0.25, 0.3) is 5.91 Å². The highest BCUT2D eigenvalue weighted by Gasteiger charge is 2.23. The van der Waals surface area contributed by atoms with E-state index in [4.69, 9.17) is 4.42 Å². The summed E-state index contributed by atoms with van der Waals surface area (Å²) in [5.41, 5.74) is 2.41. The van der Waals surface area contributed by atoms with Gasteiger partial charge in [-0.25, -0.2) is 8.42 Å². The van der Waals surface area contributed by atoms with Crippen LogP contribution in [-0.4, -0.2) is 34.5 Å². The summed E-state index contributed by atoms with van der Waals surface area (Å²) in [6, 6.07) is 14.9. The van der Waals surface area contributed by atoms with E-state index in [-0.39, 0.29) is 22.0 Å². The Labute approximate surface area is 178 Å². The van der Waals surface area contributed by atoms with Gasteiger partial charge in [0, 0.05) is 11.3 Å². The number of aromatic nitrogens is 4. The number of carbonyl (C=O) groups is 1. The summed E-state index contributed by atoms with van der Waals surface area (Å²) in [5.74, 6) is -0.350. The Kier molecular flexibility index (Phi) is 5.38. The maximum atomic E-state index is 12.8. The van der Waals surface area contributed by atoms with Crippen molar-refractivity contribution in [3.8, 4) is 5.69 Å². The van der Waals surface area contributed by atoms with Gasteiger partial charge < -0.3 is 9.73 Å². The Morgan fingerprint density at radius 2 is 1.87 bits per heavy atom. The third kappa shape index (κ3) is 4.24. The fraction of sp³-hybridized carbons (Fsp3) is 0.143. The molecule has 0 saturated carbocycles. The second-order valence-electron chi connectivity index (χ2n) is 6.94. The third-order valence-corrected chi connectivity index (χ3v) is 6.40. The molecule has 4 aromatic rings. The lowest BCUT2D eigenvalue weighted by Gasteiger charge is -2.10. The number of amides is 1. The third-order valence-electron chi connectivity index (χ3n) is 4.72. The predicted octanol–water partition coefficient (Wildman–Crippen LogP) is 3.10. The van der Waals surface area contributed by atoms with Gasteiger partial charge in [0.05, 0.1) is 22.6 Å². The second kappa shape index (κ2) is 8.15. The number of nitrogens with one attached hydrogen (secondary N) is 1. The van der Waals surface area contributed by atoms with Gasteiger partial charge in [-0.05, 0) is 60.2 Å². The maximum Gasteiger partial charge on any atom is 0.291 e. The number of anilines is 1. The number of hydrogen-bond donors (Lipinski definition) is 1. The van der Waals surface area contributed by atoms with Crippen molar-refractivity contribution in [3.05, 3.63) is 83.6 Å². The van der Waals surface area contributed by atoms with Crippen LogP contribution in [-0.2, 0) is 15.6 Å². The zero-order valence-electron chi connectivity index (χ0n) is 16.8. The summed E-state index contributed by atoms with van der Waals surface area (Å²) >= 11 is 0. The van der Waals surface area contributed by atoms with Crippen molar-refractivity contribution < 1.29 is 17.6 Å². The lowest BCUT2D eigenvalue weighted by molar-refractivity contribution is 0.0996. The van der Waals surface area contributed by atoms with Gasteiger partial charge in [-0.3, -0.25) is 4.79 Å². The van der Waals surface area contributed by atoms with Crippen LogP contribution in [0.15, 0.2) is 70.2 Å². The number of benzene rings is 2. The van der Waals surface area contributed by atoms with Gasteiger partial charge in [0.15, 0.2) is 21.4 Å². The maximum absolute atomic E-state index is 12.8. The van der Waals surface area contributed by atoms with Gasteiger partial charge in [-0.1, -0.05) is 24.3 Å². The summed E-state index contributed by atoms with van der Waals surface area (Å²) < 4.78 is 32.2. The second-order valence-corrected chi connectivity index (χ2v) is 8.93. The number of tetrazole rings is 1. The number of hydrogen-bond acceptors (Lipinski definition) is 7. The summed E-state index contributed by atoms with van der Waals surface area (Å²) in [4.78, 5) is 13.0. The Bertz CT molecular complexity index is 1340. The lowest BCUT2D eigenvalue weighted by Crippen LogP contribution is -2.15. The minimum atomic E-state index is -3.62. The molecule has 0 atom stereocenters. The summed E-state index contributed by atoms with van der Waals surface area (Å²) in [7, 11) is -3.62. The van der Waals surface area contributed by atoms with E-state index in [1.807, 2.05) is 13.0 Å². The molecular formula is C21H19N5O4S. The van der Waals surface area contributed by atoms with E-state index in [1.54, 1.807) is 41.9 Å². The first-order valence-corrected chi connectivity index (χ1v) is 11.0. The average Bonchev–Trinajstić information content (AvgIpc) is 3.38. The fourth-order valence-corrected chi connectivity index (χ4v) is 4.50. The van der Waals surface area contributed by atoms with E-state index in [2.05, 4.69) is 20.8 Å². The molecule has 31 heavy (non-hydrogen) atoms. The van der Waals surface area contributed by atoms with E-state index < -0.39 is 15.7 Å². The molecule has 4 rings (SSSR count). The minimum Gasteiger partial charge on any atom is -0.459 e. The largest absolute Gasteiger partial charge is 0.459 e. The molecule has 2 aromatic heterocycles. The Hall–Kier alpha value is -3.79. The van der Waals surface area contributed by atoms with Crippen LogP contribution in [0.1, 0.15) is 27.5 Å². The zero-order valence-corrected chi connectivity index (χ0v) is 17.6. The highest BCUT2D eigenvalue weighted by atomic mass is 32.2. The van der Waals surface area contributed by atoms with Crippen molar-refractivity contribution in [1.82, 2.24) is 20.2 Å². The molecule has 1 N–H and O–H groups in total. The van der Waals surface area contributed by atoms with Crippen LogP contribution in [0.25, 0.3) is 5.69 Å². The molecule has 0 bridgehead atoms. The number of furan rings is 1. The fourth-order valence-electron chi connectivity index (χ4n) is 3.12. The number of aryl methyl sites for hydroxylation is 2. The van der Waals surface area contributed by atoms with Crippen molar-refractivity contribution >= 4 is 21.4 Å². The topological polar surface area (TPSA) is 120 Å². The monoisotopic (exact) mass is 437 g/mol. The van der Waals surface area contributed by atoms with Crippen LogP contribution < -0.4 is 5.32 Å². The molecule has 0 fully saturated rings. The Balaban J connectivity index is 1.57. The Morgan fingerprint density at radius 1 is 1.10 bits per heavy atom. The van der Waals surface area contributed by atoms with Crippen molar-refractivity contribution in [2.75, 3.05) is 5.32 Å². The van der Waals surface area contributed by atoms with Crippen LogP contribution in [0, 0.1) is 13.8 Å². The highest BCUT2D eigenvalue weighted by molar-refractivity contribution is 7.90. The number of sulfone groups is 1. The van der Waals surface area contributed by atoms with E-state index in [1.165, 1.54) is 24.5 Å². The summed E-state index contributed by atoms with van der Waals surface area (Å²) in [6.07, 6.45) is 1.30. The lowest BCUT2D eigenvalue weighted by atomic mass is 10.1. The first-order valence-electron chi connectivity index (χ1n) is 9.37. The van der Waals surface area contributed by atoms with Crippen LogP contribution in [0.3, 0.4) is 0 Å². The summed E-state index contributed by atoms with van der Waals surface area (Å²) in [6.45, 7) is 3.67. The number of nitrogens with zero attached hydrogens (tertiary/aromatic N) is 4. The van der Waals surface area contributed by atoms with Crippen molar-refractivity contribution in [3.63, 3.8) is 0 Å². The molecule has 10 heteroatoms. The normalized spacial score (nSPS) is 11.4. The number of carbonyl (C=O) groups excluding carboxylic acids is 1. The van der Waals surface area contributed by atoms with Crippen molar-refractivity contribution in [1.29, 1.82) is 0 Å². The van der Waals surface area contributed by atoms with Crippen molar-refractivity contribution in [2.24, 2.45) is 0 Å². The molecule has 158 valence electrons. The first kappa shape index (κ1) is 20.5. The molecule has 0 aliphatic carbocycles. The molecule has 9 nitrogen and oxygen atoms in total. The average molecular weight is 437 g/mol. The number of rotatable bonds is 6. The molecule has 1 amide bonds. The quantitative estimate of drug-likeness (QED) is 0.492. The molecule has 0 unspecified atom stereocenters. The molecule has 0 aliphatic rings. The van der Waals surface area contributed by atoms with E-state index in [0.717, 1.165) is 5.56 Å². The van der Waals surface area contributed by atoms with Crippen LogP contribution >= 0.6 is 0 Å². The van der Waals surface area contributed by atoms with Gasteiger partial charge in [0.2, 0.25) is 0 Å². The van der Waals surface area contributed by atoms with Gasteiger partial charge in [0.1, 0.15) is 0 Å². The Morgan fingerprint density at radius 3 is 2.58 bits per heavy atom. The van der Waals surface area contributed by atoms with Gasteiger partial charge >= 0.3 is 0 Å². The zero-order chi connectivity index (χ0) is 22.0. The van der Waals surface area contributed by atoms with Crippen LogP contribution in [0.2, 0.25) is 0 Å². The molecule has 0 saturated heterocycles. The first-order chi connectivity index (χ1) is 14.8. The molecule has 0 radical (unpaired) electrons. The SMILES string of the molecule is Cc1ccc(NC(=O)c2occc2CS(=O)(=O)c2ccccc2)cc1-n1nnnc1C. The van der Waals surface area contributed by atoms with Gasteiger partial charge in [-0.15, -0.1) is 5.10 Å². The van der Waals surface area contributed by atoms with E-state index in [0.29, 0.717) is 17.2 Å². The van der Waals surface area contributed by atoms with Crippen molar-refractivity contribution in [2.45, 2.75) is 24.5 Å². The highest BCUT2D eigenvalue weighted by Crippen LogP contribution is 2.23. The van der Waals surface area contributed by atoms with Crippen LogP contribution in [0.5, 0.6) is 0 Å². The van der Waals surface area contributed by atoms with Gasteiger partial charge in [-0.2, -0.15) is 4.68 Å². The van der Waals surface area contributed by atoms with E-state index in [9.17, 15) is 13.2 Å². The smallest absolute Gasteiger partial charge is 0.291 e. The molecule has 0 aliphatic heterocycles. The minimum absolute atomic E-state index is 0.0553. The van der Waals surface area contributed by atoms with E-state index >= 15 is 0 Å². The molecular weight excluding hydrogens is 418 g/mol. The van der Waals surface area contributed by atoms with Crippen LogP contribution in [0.4, 0.5) is 5.69 Å². The standard InChI is InChI=1S/C21H19N5O4S/c1-14-8-9-17(12-19(14)26-15(2)23-24-25-26)22-21(27)20-16(10-11-30-20)13-31(28,29)18-6-4-3-5-7-18/h3-12H,13H2,1-2H3,(H,22,27). The molecule has 0 spiro atoms.